The van der Waals surface area contributed by atoms with Gasteiger partial charge in [-0.3, -0.25) is 0 Å². The monoisotopic (exact) mass is 310 g/mol. The van der Waals surface area contributed by atoms with Crippen molar-refractivity contribution in [3.05, 3.63) is 66.0 Å². The second-order valence-corrected chi connectivity index (χ2v) is 8.62. The Balaban J connectivity index is 2.17. The highest BCUT2D eigenvalue weighted by Gasteiger charge is 2.23. The van der Waals surface area contributed by atoms with Crippen LogP contribution in [-0.2, 0) is 5.41 Å². The van der Waals surface area contributed by atoms with Crippen molar-refractivity contribution in [2.75, 3.05) is 0 Å². The highest BCUT2D eigenvalue weighted by atomic mass is 32.1. The fraction of sp³-hybridized carbons (Fsp3) is 0.211. The first-order valence-electron chi connectivity index (χ1n) is 7.18. The zero-order valence-electron chi connectivity index (χ0n) is 12.6. The van der Waals surface area contributed by atoms with E-state index in [1.807, 2.05) is 11.3 Å². The lowest BCUT2D eigenvalue weighted by atomic mass is 9.92. The molecule has 21 heavy (non-hydrogen) atoms. The van der Waals surface area contributed by atoms with Crippen molar-refractivity contribution in [3.63, 3.8) is 0 Å². The topological polar surface area (TPSA) is 0 Å². The molecule has 0 nitrogen and oxygen atoms in total. The van der Waals surface area contributed by atoms with E-state index in [1.165, 1.54) is 34.1 Å². The lowest BCUT2D eigenvalue weighted by Crippen LogP contribution is -2.09. The summed E-state index contributed by atoms with van der Waals surface area (Å²) in [4.78, 5) is 1.43. The van der Waals surface area contributed by atoms with Gasteiger partial charge in [0, 0.05) is 10.2 Å². The Morgan fingerprint density at radius 3 is 1.81 bits per heavy atom. The Morgan fingerprint density at radius 2 is 1.29 bits per heavy atom. The Kier molecular flexibility index (Phi) is 3.97. The molecule has 0 aliphatic rings. The molecule has 2 heteroatoms. The van der Waals surface area contributed by atoms with Gasteiger partial charge in [-0.2, -0.15) is 0 Å². The van der Waals surface area contributed by atoms with E-state index in [9.17, 15) is 0 Å². The second kappa shape index (κ2) is 5.75. The van der Waals surface area contributed by atoms with Gasteiger partial charge < -0.3 is 0 Å². The average Bonchev–Trinajstić information content (AvgIpc) is 2.94. The first-order chi connectivity index (χ1) is 10.1. The lowest BCUT2D eigenvalue weighted by Gasteiger charge is -2.18. The molecule has 0 bridgehead atoms. The van der Waals surface area contributed by atoms with Gasteiger partial charge in [0.1, 0.15) is 0 Å². The molecule has 0 aliphatic carbocycles. The zero-order chi connectivity index (χ0) is 14.9. The minimum atomic E-state index is 0.191. The van der Waals surface area contributed by atoms with Gasteiger partial charge in [0.15, 0.2) is 0 Å². The molecule has 1 heterocycles. The number of benzene rings is 2. The van der Waals surface area contributed by atoms with Gasteiger partial charge in [-0.25, -0.2) is 0 Å². The van der Waals surface area contributed by atoms with Gasteiger partial charge in [0.25, 0.3) is 0 Å². The fourth-order valence-corrected chi connectivity index (χ4v) is 5.47. The van der Waals surface area contributed by atoms with Crippen molar-refractivity contribution in [3.8, 4) is 20.6 Å². The molecule has 3 aromatic rings. The van der Waals surface area contributed by atoms with Gasteiger partial charge in [0.05, 0.1) is 4.61 Å². The molecule has 0 aliphatic heterocycles. The molecule has 0 unspecified atom stereocenters. The van der Waals surface area contributed by atoms with E-state index in [0.29, 0.717) is 0 Å². The summed E-state index contributed by atoms with van der Waals surface area (Å²) >= 11 is 1.94. The molecule has 0 radical (unpaired) electrons. The maximum absolute atomic E-state index is 2.31. The molecule has 0 atom stereocenters. The van der Waals surface area contributed by atoms with E-state index in [2.05, 4.69) is 81.4 Å². The zero-order valence-corrected chi connectivity index (χ0v) is 14.3. The largest absolute Gasteiger partial charge is 0.130 e. The molecule has 2 aromatic carbocycles. The summed E-state index contributed by atoms with van der Waals surface area (Å²) in [6.45, 7) is 6.94. The highest BCUT2D eigenvalue weighted by Crippen LogP contribution is 2.50. The summed E-state index contributed by atoms with van der Waals surface area (Å²) in [7, 11) is 1.36. The molecule has 106 valence electrons. The van der Waals surface area contributed by atoms with Crippen molar-refractivity contribution in [2.24, 2.45) is 0 Å². The maximum Gasteiger partial charge on any atom is 0.0622 e. The van der Waals surface area contributed by atoms with Crippen LogP contribution in [0.2, 0.25) is 0 Å². The Hall–Kier alpha value is -1.43. The van der Waals surface area contributed by atoms with Gasteiger partial charge in [-0.05, 0) is 16.5 Å². The fourth-order valence-electron chi connectivity index (χ4n) is 2.32. The summed E-state index contributed by atoms with van der Waals surface area (Å²) in [5.41, 5.74) is 2.87. The Labute approximate surface area is 132 Å². The van der Waals surface area contributed by atoms with Crippen LogP contribution in [0.3, 0.4) is 0 Å². The Bertz CT molecular complexity index is 721. The van der Waals surface area contributed by atoms with E-state index in [1.54, 1.807) is 0 Å². The normalized spacial score (nSPS) is 12.0. The van der Waals surface area contributed by atoms with Crippen LogP contribution in [0.5, 0.6) is 0 Å². The molecule has 3 rings (SSSR count). The second-order valence-electron chi connectivity index (χ2n) is 6.18. The van der Waals surface area contributed by atoms with Gasteiger partial charge in [-0.15, -0.1) is 11.3 Å². The SMILES string of the molecule is CC(C)(C)c1pc(-c2ccccc2)sc1-c1ccccc1. The number of hydrogen-bond acceptors (Lipinski definition) is 1. The van der Waals surface area contributed by atoms with Crippen LogP contribution in [-0.4, -0.2) is 0 Å². The van der Waals surface area contributed by atoms with Crippen LogP contribution < -0.4 is 0 Å². The van der Waals surface area contributed by atoms with E-state index in [4.69, 9.17) is 0 Å². The molecule has 0 spiro atoms. The van der Waals surface area contributed by atoms with E-state index >= 15 is 0 Å². The predicted octanol–water partition coefficient (Wildman–Crippen LogP) is 6.96. The van der Waals surface area contributed by atoms with Gasteiger partial charge >= 0.3 is 0 Å². The quantitative estimate of drug-likeness (QED) is 0.480. The Morgan fingerprint density at radius 1 is 0.762 bits per heavy atom. The molecular formula is C19H19PS. The molecule has 0 fully saturated rings. The third-order valence-electron chi connectivity index (χ3n) is 3.39. The first kappa shape index (κ1) is 14.5. The summed E-state index contributed by atoms with van der Waals surface area (Å²) in [6, 6.07) is 21.5. The number of hydrogen-bond donors (Lipinski definition) is 0. The summed E-state index contributed by atoms with van der Waals surface area (Å²) < 4.78 is 1.44. The van der Waals surface area contributed by atoms with Crippen molar-refractivity contribution in [1.82, 2.24) is 0 Å². The van der Waals surface area contributed by atoms with Crippen LogP contribution in [0, 0.1) is 0 Å². The third kappa shape index (κ3) is 3.10. The van der Waals surface area contributed by atoms with Crippen molar-refractivity contribution in [2.45, 2.75) is 26.2 Å². The maximum atomic E-state index is 2.31. The van der Waals surface area contributed by atoms with Crippen molar-refractivity contribution >= 4 is 19.5 Å². The van der Waals surface area contributed by atoms with E-state index < -0.39 is 0 Å². The third-order valence-corrected chi connectivity index (χ3v) is 6.75. The highest BCUT2D eigenvalue weighted by molar-refractivity contribution is 7.48. The smallest absolute Gasteiger partial charge is 0.0622 e. The minimum Gasteiger partial charge on any atom is -0.130 e. The predicted molar refractivity (Wildman–Crippen MR) is 96.4 cm³/mol. The van der Waals surface area contributed by atoms with Crippen molar-refractivity contribution < 1.29 is 0 Å². The lowest BCUT2D eigenvalue weighted by molar-refractivity contribution is 0.606. The molecule has 0 amide bonds. The van der Waals surface area contributed by atoms with Crippen LogP contribution in [0.4, 0.5) is 0 Å². The van der Waals surface area contributed by atoms with Gasteiger partial charge in [0.2, 0.25) is 0 Å². The summed E-state index contributed by atoms with van der Waals surface area (Å²) in [5.74, 6) is 0. The van der Waals surface area contributed by atoms with E-state index in [-0.39, 0.29) is 5.41 Å². The van der Waals surface area contributed by atoms with Gasteiger partial charge in [-0.1, -0.05) is 89.6 Å². The van der Waals surface area contributed by atoms with Crippen LogP contribution in [0.25, 0.3) is 20.6 Å². The molecule has 0 saturated heterocycles. The van der Waals surface area contributed by atoms with Crippen LogP contribution >= 0.6 is 19.5 Å². The summed E-state index contributed by atoms with van der Waals surface area (Å²) in [6.07, 6.45) is 0. The van der Waals surface area contributed by atoms with Crippen molar-refractivity contribution in [1.29, 1.82) is 0 Å². The van der Waals surface area contributed by atoms with Crippen LogP contribution in [0.15, 0.2) is 60.7 Å². The minimum absolute atomic E-state index is 0.191. The summed E-state index contributed by atoms with van der Waals surface area (Å²) in [5, 5.41) is 1.53. The standard InChI is InChI=1S/C19H19PS/c1-19(2,3)17-16(14-10-6-4-7-11-14)21-18(20-17)15-12-8-5-9-13-15/h4-13H,1-3H3. The number of rotatable bonds is 2. The van der Waals surface area contributed by atoms with Crippen LogP contribution in [0.1, 0.15) is 26.1 Å². The molecular weight excluding hydrogens is 291 g/mol. The molecule has 1 aromatic heterocycles. The molecule has 0 N–H and O–H groups in total. The molecule has 0 saturated carbocycles. The first-order valence-corrected chi connectivity index (χ1v) is 8.89. The van der Waals surface area contributed by atoms with E-state index in [0.717, 1.165) is 0 Å². The average molecular weight is 310 g/mol.